The highest BCUT2D eigenvalue weighted by molar-refractivity contribution is 7.90. The number of nitrogens with one attached hydrogen (secondary N) is 1. The fraction of sp³-hybridized carbons (Fsp3) is 0.594. The van der Waals surface area contributed by atoms with Crippen LogP contribution in [0.25, 0.3) is 0 Å². The molecule has 2 aliphatic carbocycles. The molecule has 2 fully saturated rings. The van der Waals surface area contributed by atoms with Crippen molar-refractivity contribution in [1.29, 1.82) is 0 Å². The van der Waals surface area contributed by atoms with Crippen molar-refractivity contribution in [2.75, 3.05) is 37.0 Å². The molecule has 1 spiro atoms. The number of hydrogen-bond acceptors (Lipinski definition) is 7. The first-order chi connectivity index (χ1) is 20.2. The first-order valence-electron chi connectivity index (χ1n) is 15.3. The van der Waals surface area contributed by atoms with Crippen molar-refractivity contribution in [2.24, 2.45) is 11.8 Å². The second-order valence-corrected chi connectivity index (χ2v) is 15.2. The number of amides is 1. The van der Waals surface area contributed by atoms with Gasteiger partial charge in [0.1, 0.15) is 5.75 Å². The Kier molecular flexibility index (Phi) is 7.44. The van der Waals surface area contributed by atoms with E-state index in [2.05, 4.69) is 21.8 Å². The lowest BCUT2D eigenvalue weighted by molar-refractivity contribution is -0.126. The van der Waals surface area contributed by atoms with E-state index in [9.17, 15) is 13.2 Å². The molecule has 3 heterocycles. The molecule has 1 saturated carbocycles. The Morgan fingerprint density at radius 2 is 2.00 bits per heavy atom. The molecule has 42 heavy (non-hydrogen) atoms. The molecule has 8 nitrogen and oxygen atoms in total. The molecule has 2 aromatic carbocycles. The van der Waals surface area contributed by atoms with E-state index in [-0.39, 0.29) is 23.4 Å². The van der Waals surface area contributed by atoms with Crippen LogP contribution in [0.4, 0.5) is 5.69 Å². The van der Waals surface area contributed by atoms with E-state index < -0.39 is 22.0 Å². The summed E-state index contributed by atoms with van der Waals surface area (Å²) >= 11 is 6.41. The van der Waals surface area contributed by atoms with Crippen LogP contribution in [0.1, 0.15) is 66.9 Å². The number of sulfonamides is 1. The van der Waals surface area contributed by atoms with Crippen molar-refractivity contribution >= 4 is 33.2 Å². The van der Waals surface area contributed by atoms with Gasteiger partial charge in [0.25, 0.3) is 5.91 Å². The third kappa shape index (κ3) is 5.42. The van der Waals surface area contributed by atoms with Crippen molar-refractivity contribution in [3.63, 3.8) is 0 Å². The van der Waals surface area contributed by atoms with E-state index in [1.165, 1.54) is 11.1 Å². The highest BCUT2D eigenvalue weighted by Gasteiger charge is 2.45. The van der Waals surface area contributed by atoms with Crippen LogP contribution in [-0.4, -0.2) is 64.7 Å². The lowest BCUT2D eigenvalue weighted by atomic mass is 9.67. The molecular formula is C32H39ClN2O6S. The van der Waals surface area contributed by atoms with E-state index in [0.717, 1.165) is 74.5 Å². The lowest BCUT2D eigenvalue weighted by Crippen LogP contribution is -2.51. The molecule has 0 aromatic heterocycles. The van der Waals surface area contributed by atoms with Crippen LogP contribution in [-0.2, 0) is 31.3 Å². The quantitative estimate of drug-likeness (QED) is 0.453. The second-order valence-electron chi connectivity index (χ2n) is 13.0. The molecule has 4 bridgehead atoms. The third-order valence-electron chi connectivity index (χ3n) is 10.1. The fourth-order valence-corrected chi connectivity index (χ4v) is 9.36. The predicted octanol–water partition coefficient (Wildman–Crippen LogP) is 4.87. The zero-order chi connectivity index (χ0) is 29.1. The Hall–Kier alpha value is -2.33. The molecule has 10 heteroatoms. The summed E-state index contributed by atoms with van der Waals surface area (Å²) in [6.07, 6.45) is 6.28. The number of hydrogen-bond donors (Lipinski definition) is 1. The average Bonchev–Trinajstić information content (AvgIpc) is 3.07. The Morgan fingerprint density at radius 3 is 2.83 bits per heavy atom. The normalized spacial score (nSPS) is 34.2. The molecule has 6 atom stereocenters. The minimum absolute atomic E-state index is 0.0569. The van der Waals surface area contributed by atoms with Crippen LogP contribution in [0, 0.1) is 11.8 Å². The fourth-order valence-electron chi connectivity index (χ4n) is 7.99. The van der Waals surface area contributed by atoms with Gasteiger partial charge in [-0.05, 0) is 98.7 Å². The summed E-state index contributed by atoms with van der Waals surface area (Å²) < 4.78 is 47.3. The first-order valence-corrected chi connectivity index (χ1v) is 17.3. The number of benzene rings is 2. The smallest absolute Gasteiger partial charge is 0.264 e. The molecule has 5 aliphatic rings. The summed E-state index contributed by atoms with van der Waals surface area (Å²) in [5.74, 6) is 0.657. The van der Waals surface area contributed by atoms with E-state index in [4.69, 9.17) is 25.8 Å². The van der Waals surface area contributed by atoms with Gasteiger partial charge >= 0.3 is 0 Å². The Labute approximate surface area is 253 Å². The van der Waals surface area contributed by atoms with E-state index in [0.29, 0.717) is 30.6 Å². The number of rotatable bonds is 0. The van der Waals surface area contributed by atoms with Gasteiger partial charge in [-0.2, -0.15) is 0 Å². The number of halogens is 1. The minimum atomic E-state index is -3.91. The minimum Gasteiger partial charge on any atom is -0.490 e. The van der Waals surface area contributed by atoms with Gasteiger partial charge in [0.05, 0.1) is 36.4 Å². The third-order valence-corrected chi connectivity index (χ3v) is 11.7. The van der Waals surface area contributed by atoms with Crippen LogP contribution >= 0.6 is 11.6 Å². The van der Waals surface area contributed by atoms with Gasteiger partial charge in [-0.1, -0.05) is 17.7 Å². The maximum absolute atomic E-state index is 13.3. The van der Waals surface area contributed by atoms with Gasteiger partial charge in [0.15, 0.2) is 0 Å². The number of carbonyl (C=O) groups is 1. The van der Waals surface area contributed by atoms with Gasteiger partial charge in [0.2, 0.25) is 10.0 Å². The molecule has 0 radical (unpaired) electrons. The second kappa shape index (κ2) is 11.0. The highest BCUT2D eigenvalue weighted by atomic mass is 35.5. The molecule has 1 N–H and O–H groups in total. The van der Waals surface area contributed by atoms with E-state index in [1.807, 2.05) is 12.1 Å². The summed E-state index contributed by atoms with van der Waals surface area (Å²) in [5, 5.41) is 0.751. The molecular weight excluding hydrogens is 576 g/mol. The van der Waals surface area contributed by atoms with Crippen LogP contribution in [0.3, 0.4) is 0 Å². The van der Waals surface area contributed by atoms with Gasteiger partial charge in [0, 0.05) is 42.1 Å². The van der Waals surface area contributed by atoms with Crippen molar-refractivity contribution < 1.29 is 27.4 Å². The summed E-state index contributed by atoms with van der Waals surface area (Å²) in [6, 6.07) is 11.5. The van der Waals surface area contributed by atoms with Gasteiger partial charge in [-0.3, -0.25) is 4.79 Å². The number of aryl methyl sites for hydroxylation is 1. The molecule has 3 aliphatic heterocycles. The number of anilines is 1. The van der Waals surface area contributed by atoms with Crippen LogP contribution in [0.5, 0.6) is 5.75 Å². The summed E-state index contributed by atoms with van der Waals surface area (Å²) in [4.78, 5) is 15.7. The van der Waals surface area contributed by atoms with Crippen molar-refractivity contribution in [1.82, 2.24) is 4.72 Å². The monoisotopic (exact) mass is 614 g/mol. The number of carbonyl (C=O) groups excluding carboxylic acids is 1. The molecule has 1 saturated heterocycles. The SMILES string of the molecule is C[C@@H]1CS(=O)(=O)NC(=O)c2ccc3c(c2)N(C[C@@H]2CC[C@H]2[C@@H]2C[C@H](CCO2)O1)C[C@@]1(CCCc2cc(Cl)ccc21)CO3. The molecule has 7 rings (SSSR count). The maximum atomic E-state index is 13.3. The first kappa shape index (κ1) is 28.4. The molecule has 2 aromatic rings. The largest absolute Gasteiger partial charge is 0.490 e. The predicted molar refractivity (Wildman–Crippen MR) is 161 cm³/mol. The maximum Gasteiger partial charge on any atom is 0.264 e. The molecule has 226 valence electrons. The Balaban J connectivity index is 1.29. The Bertz CT molecular complexity index is 1480. The lowest BCUT2D eigenvalue weighted by Gasteiger charge is -2.48. The molecule has 1 amide bonds. The van der Waals surface area contributed by atoms with Crippen LogP contribution in [0.2, 0.25) is 5.02 Å². The van der Waals surface area contributed by atoms with Gasteiger partial charge in [-0.15, -0.1) is 0 Å². The van der Waals surface area contributed by atoms with Crippen molar-refractivity contribution in [2.45, 2.75) is 75.6 Å². The summed E-state index contributed by atoms with van der Waals surface area (Å²) in [7, 11) is -3.91. The van der Waals surface area contributed by atoms with Crippen LogP contribution < -0.4 is 14.4 Å². The summed E-state index contributed by atoms with van der Waals surface area (Å²) in [6.45, 7) is 4.46. The van der Waals surface area contributed by atoms with Crippen LogP contribution in [0.15, 0.2) is 36.4 Å². The topological polar surface area (TPSA) is 94.2 Å². The van der Waals surface area contributed by atoms with Gasteiger partial charge in [-0.25, -0.2) is 13.1 Å². The van der Waals surface area contributed by atoms with Crippen molar-refractivity contribution in [3.8, 4) is 5.75 Å². The van der Waals surface area contributed by atoms with Crippen molar-refractivity contribution in [3.05, 3.63) is 58.1 Å². The highest BCUT2D eigenvalue weighted by Crippen LogP contribution is 2.47. The number of nitrogens with zero attached hydrogens (tertiary/aromatic N) is 1. The van der Waals surface area contributed by atoms with Gasteiger partial charge < -0.3 is 19.1 Å². The number of ether oxygens (including phenoxy) is 3. The Morgan fingerprint density at radius 1 is 1.12 bits per heavy atom. The standard InChI is InChI=1S/C32H39ClN2O6S/c1-20-17-42(37,38)34-31(36)22-5-9-29-28(14-22)35(16-23-4-7-26(23)30-15-25(41-20)10-12-39-30)18-32(19-40-29)11-2-3-21-13-24(33)6-8-27(21)32/h5-6,8-9,13-14,20,23,25-26,30H,2-4,7,10-12,15-19H2,1H3,(H,34,36)/t20-,23+,25+,26-,30+,32+/m1/s1. The van der Waals surface area contributed by atoms with E-state index >= 15 is 0 Å². The molecule has 0 unspecified atom stereocenters. The zero-order valence-corrected chi connectivity index (χ0v) is 25.6. The number of fused-ring (bicyclic) bond motifs is 7. The average molecular weight is 615 g/mol. The summed E-state index contributed by atoms with van der Waals surface area (Å²) in [5.41, 5.74) is 3.48. The zero-order valence-electron chi connectivity index (χ0n) is 24.0. The van der Waals surface area contributed by atoms with E-state index in [1.54, 1.807) is 19.1 Å².